The van der Waals surface area contributed by atoms with Crippen LogP contribution in [0.2, 0.25) is 5.02 Å². The van der Waals surface area contributed by atoms with E-state index in [1.807, 2.05) is 32.2 Å². The van der Waals surface area contributed by atoms with Gasteiger partial charge in [-0.3, -0.25) is 0 Å². The Bertz CT molecular complexity index is 1040. The van der Waals surface area contributed by atoms with Crippen LogP contribution >= 0.6 is 11.6 Å². The van der Waals surface area contributed by atoms with Crippen LogP contribution in [0.3, 0.4) is 0 Å². The van der Waals surface area contributed by atoms with Gasteiger partial charge in [0.1, 0.15) is 17.9 Å². The smallest absolute Gasteiger partial charge is 0.321 e. The number of benzene rings is 1. The summed E-state index contributed by atoms with van der Waals surface area (Å²) >= 11 is 6.04. The fourth-order valence-electron chi connectivity index (χ4n) is 4.56. The average Bonchev–Trinajstić information content (AvgIpc) is 3.16. The molecule has 2 aliphatic rings. The molecule has 2 aromatic heterocycles. The van der Waals surface area contributed by atoms with Gasteiger partial charge in [-0.15, -0.1) is 5.10 Å². The molecule has 3 atom stereocenters. The Balaban J connectivity index is 1.28. The standard InChI is InChI=1S/C21H24ClN7O/c1-13-8-18(24-12-23-13)29-10-14-6-7-15(11-29)19(14)25-20-26-21(28(2)27-20)30-17-5-3-4-16(22)9-17/h3-5,8-9,12,14-15,19H,6-7,10-11H2,1-2H3,(H,25,27)/t14-,15+,19-. The van der Waals surface area contributed by atoms with E-state index in [9.17, 15) is 0 Å². The number of piperidine rings is 1. The maximum absolute atomic E-state index is 6.04. The Hall–Kier alpha value is -2.87. The van der Waals surface area contributed by atoms with E-state index in [4.69, 9.17) is 16.3 Å². The first-order chi connectivity index (χ1) is 14.5. The summed E-state index contributed by atoms with van der Waals surface area (Å²) in [5.74, 6) is 3.31. The van der Waals surface area contributed by atoms with E-state index in [2.05, 4.69) is 36.3 Å². The van der Waals surface area contributed by atoms with Crippen molar-refractivity contribution in [1.82, 2.24) is 24.7 Å². The van der Waals surface area contributed by atoms with Crippen molar-refractivity contribution in [3.05, 3.63) is 47.4 Å². The van der Waals surface area contributed by atoms with Gasteiger partial charge >= 0.3 is 6.01 Å². The summed E-state index contributed by atoms with van der Waals surface area (Å²) in [5.41, 5.74) is 0.998. The van der Waals surface area contributed by atoms with Crippen LogP contribution in [0.1, 0.15) is 18.5 Å². The minimum absolute atomic E-state index is 0.352. The molecule has 1 saturated carbocycles. The lowest BCUT2D eigenvalue weighted by Crippen LogP contribution is -2.48. The van der Waals surface area contributed by atoms with Gasteiger partial charge in [0.15, 0.2) is 0 Å². The number of hydrogen-bond donors (Lipinski definition) is 1. The van der Waals surface area contributed by atoms with E-state index < -0.39 is 0 Å². The van der Waals surface area contributed by atoms with Crippen LogP contribution in [0.25, 0.3) is 0 Å². The lowest BCUT2D eigenvalue weighted by molar-refractivity contribution is 0.374. The van der Waals surface area contributed by atoms with Gasteiger partial charge in [0.2, 0.25) is 5.95 Å². The van der Waals surface area contributed by atoms with Crippen LogP contribution in [-0.2, 0) is 7.05 Å². The molecule has 3 heterocycles. The molecule has 9 heteroatoms. The first-order valence-corrected chi connectivity index (χ1v) is 10.6. The summed E-state index contributed by atoms with van der Waals surface area (Å²) in [5, 5.41) is 8.71. The average molecular weight is 426 g/mol. The van der Waals surface area contributed by atoms with Gasteiger partial charge in [0, 0.05) is 43.0 Å². The van der Waals surface area contributed by atoms with Gasteiger partial charge in [-0.2, -0.15) is 4.98 Å². The molecule has 1 aliphatic carbocycles. The molecule has 1 aromatic carbocycles. The quantitative estimate of drug-likeness (QED) is 0.667. The number of nitrogens with zero attached hydrogens (tertiary/aromatic N) is 6. The summed E-state index contributed by atoms with van der Waals surface area (Å²) < 4.78 is 7.50. The molecular formula is C21H24ClN7O. The monoisotopic (exact) mass is 425 g/mol. The van der Waals surface area contributed by atoms with Crippen molar-refractivity contribution in [2.75, 3.05) is 23.3 Å². The van der Waals surface area contributed by atoms with E-state index >= 15 is 0 Å². The number of fused-ring (bicyclic) bond motifs is 2. The largest absolute Gasteiger partial charge is 0.424 e. The molecule has 0 unspecified atom stereocenters. The Morgan fingerprint density at radius 2 is 1.93 bits per heavy atom. The van der Waals surface area contributed by atoms with Gasteiger partial charge in [-0.1, -0.05) is 17.7 Å². The highest BCUT2D eigenvalue weighted by Gasteiger charge is 2.43. The van der Waals surface area contributed by atoms with Gasteiger partial charge in [0.25, 0.3) is 0 Å². The first-order valence-electron chi connectivity index (χ1n) is 10.2. The zero-order valence-electron chi connectivity index (χ0n) is 17.0. The molecule has 30 heavy (non-hydrogen) atoms. The lowest BCUT2D eigenvalue weighted by atomic mass is 9.92. The highest BCUT2D eigenvalue weighted by atomic mass is 35.5. The highest BCUT2D eigenvalue weighted by molar-refractivity contribution is 6.30. The minimum atomic E-state index is 0.352. The van der Waals surface area contributed by atoms with Gasteiger partial charge in [0.05, 0.1) is 0 Å². The SMILES string of the molecule is Cc1cc(N2C[C@H]3CC[C@@H](C2)[C@@H]3Nc2nc(Oc3cccc(Cl)c3)n(C)n2)ncn1. The van der Waals surface area contributed by atoms with Crippen molar-refractivity contribution in [3.63, 3.8) is 0 Å². The molecule has 2 fully saturated rings. The van der Waals surface area contributed by atoms with Crippen molar-refractivity contribution >= 4 is 23.4 Å². The zero-order chi connectivity index (χ0) is 20.7. The molecule has 156 valence electrons. The summed E-state index contributed by atoms with van der Waals surface area (Å²) in [6.07, 6.45) is 4.04. The molecule has 1 N–H and O–H groups in total. The molecule has 3 aromatic rings. The van der Waals surface area contributed by atoms with Gasteiger partial charge in [-0.05, 0) is 49.8 Å². The predicted molar refractivity (Wildman–Crippen MR) is 115 cm³/mol. The van der Waals surface area contributed by atoms with Crippen LogP contribution in [-0.4, -0.2) is 43.9 Å². The number of aryl methyl sites for hydroxylation is 2. The molecule has 0 spiro atoms. The number of hydrogen-bond acceptors (Lipinski definition) is 7. The summed E-state index contributed by atoms with van der Waals surface area (Å²) in [6, 6.07) is 10.1. The molecule has 0 radical (unpaired) electrons. The first kappa shape index (κ1) is 19.1. The molecular weight excluding hydrogens is 402 g/mol. The molecule has 8 nitrogen and oxygen atoms in total. The number of ether oxygens (including phenoxy) is 1. The van der Waals surface area contributed by atoms with Crippen LogP contribution in [0.5, 0.6) is 11.8 Å². The molecule has 1 aliphatic heterocycles. The number of nitrogens with one attached hydrogen (secondary N) is 1. The Morgan fingerprint density at radius 1 is 1.13 bits per heavy atom. The fraction of sp³-hybridized carbons (Fsp3) is 0.429. The number of anilines is 2. The summed E-state index contributed by atoms with van der Waals surface area (Å²) in [6.45, 7) is 3.95. The van der Waals surface area contributed by atoms with E-state index in [0.717, 1.165) is 24.6 Å². The number of rotatable bonds is 5. The van der Waals surface area contributed by atoms with Crippen molar-refractivity contribution in [3.8, 4) is 11.8 Å². The maximum Gasteiger partial charge on any atom is 0.321 e. The number of halogens is 1. The van der Waals surface area contributed by atoms with E-state index in [0.29, 0.717) is 40.6 Å². The topological polar surface area (TPSA) is 81.0 Å². The minimum Gasteiger partial charge on any atom is -0.424 e. The van der Waals surface area contributed by atoms with Crippen LogP contribution < -0.4 is 15.0 Å². The third kappa shape index (κ3) is 3.79. The Labute approximate surface area is 180 Å². The Morgan fingerprint density at radius 3 is 2.67 bits per heavy atom. The van der Waals surface area contributed by atoms with Crippen molar-refractivity contribution in [2.24, 2.45) is 18.9 Å². The molecule has 0 amide bonds. The summed E-state index contributed by atoms with van der Waals surface area (Å²) in [7, 11) is 1.83. The van der Waals surface area contributed by atoms with Crippen LogP contribution in [0.4, 0.5) is 11.8 Å². The van der Waals surface area contributed by atoms with E-state index in [1.165, 1.54) is 12.8 Å². The summed E-state index contributed by atoms with van der Waals surface area (Å²) in [4.78, 5) is 15.6. The third-order valence-corrected chi connectivity index (χ3v) is 6.21. The number of aromatic nitrogens is 5. The van der Waals surface area contributed by atoms with Crippen LogP contribution in [0.15, 0.2) is 36.7 Å². The van der Waals surface area contributed by atoms with Crippen molar-refractivity contribution < 1.29 is 4.74 Å². The lowest BCUT2D eigenvalue weighted by Gasteiger charge is -2.38. The van der Waals surface area contributed by atoms with E-state index in [-0.39, 0.29) is 0 Å². The maximum atomic E-state index is 6.04. The van der Waals surface area contributed by atoms with Crippen molar-refractivity contribution in [1.29, 1.82) is 0 Å². The van der Waals surface area contributed by atoms with Crippen LogP contribution in [0, 0.1) is 18.8 Å². The zero-order valence-corrected chi connectivity index (χ0v) is 17.8. The fourth-order valence-corrected chi connectivity index (χ4v) is 4.74. The van der Waals surface area contributed by atoms with Gasteiger partial charge in [-0.25, -0.2) is 14.6 Å². The second kappa shape index (κ2) is 7.75. The highest BCUT2D eigenvalue weighted by Crippen LogP contribution is 2.39. The van der Waals surface area contributed by atoms with Crippen molar-refractivity contribution in [2.45, 2.75) is 25.8 Å². The third-order valence-electron chi connectivity index (χ3n) is 5.97. The van der Waals surface area contributed by atoms with E-state index in [1.54, 1.807) is 17.1 Å². The van der Waals surface area contributed by atoms with Gasteiger partial charge < -0.3 is 15.0 Å². The second-order valence-electron chi connectivity index (χ2n) is 8.09. The normalized spacial score (nSPS) is 22.9. The predicted octanol–water partition coefficient (Wildman–Crippen LogP) is 3.69. The molecule has 2 bridgehead atoms. The molecule has 5 rings (SSSR count). The Kier molecular flexibility index (Phi) is 4.94. The molecule has 1 saturated heterocycles. The second-order valence-corrected chi connectivity index (χ2v) is 8.53.